The number of rotatable bonds is 7. The van der Waals surface area contributed by atoms with Crippen LogP contribution in [-0.4, -0.2) is 18.1 Å². The Bertz CT molecular complexity index is 637. The van der Waals surface area contributed by atoms with Gasteiger partial charge in [0.05, 0.1) is 12.1 Å². The van der Waals surface area contributed by atoms with Gasteiger partial charge in [-0.3, -0.25) is 4.98 Å². The Morgan fingerprint density at radius 1 is 1.25 bits per heavy atom. The fourth-order valence-electron chi connectivity index (χ4n) is 2.20. The van der Waals surface area contributed by atoms with Crippen LogP contribution in [0.1, 0.15) is 24.0 Å². The predicted octanol–water partition coefficient (Wildman–Crippen LogP) is -2.42. The first-order valence-corrected chi connectivity index (χ1v) is 7.75. The van der Waals surface area contributed by atoms with Crippen LogP contribution in [-0.2, 0) is 13.2 Å². The number of nitrogens with one attached hydrogen (secondary N) is 1. The molecule has 4 nitrogen and oxygen atoms in total. The molecule has 1 heterocycles. The number of benzene rings is 1. The van der Waals surface area contributed by atoms with Crippen molar-refractivity contribution in [3.63, 3.8) is 0 Å². The molecule has 1 aromatic carbocycles. The highest BCUT2D eigenvalue weighted by Crippen LogP contribution is 2.37. The van der Waals surface area contributed by atoms with E-state index < -0.39 is 0 Å². The summed E-state index contributed by atoms with van der Waals surface area (Å²) in [7, 11) is 1.63. The van der Waals surface area contributed by atoms with Crippen molar-refractivity contribution in [3.8, 4) is 11.5 Å². The van der Waals surface area contributed by atoms with Crippen molar-refractivity contribution < 1.29 is 34.3 Å². The summed E-state index contributed by atoms with van der Waals surface area (Å²) in [6, 6.07) is 8.40. The average Bonchev–Trinajstić information content (AvgIpc) is 3.36. The fourth-order valence-corrected chi connectivity index (χ4v) is 2.49. The average molecular weight is 390 g/mol. The van der Waals surface area contributed by atoms with Crippen molar-refractivity contribution in [2.24, 2.45) is 0 Å². The number of hydrogen-bond acceptors (Lipinski definition) is 4. The maximum Gasteiger partial charge on any atom is 0.180 e. The quantitative estimate of drug-likeness (QED) is 0.573. The lowest BCUT2D eigenvalue weighted by atomic mass is 10.2. The van der Waals surface area contributed by atoms with Crippen LogP contribution in [0.2, 0.25) is 5.02 Å². The summed E-state index contributed by atoms with van der Waals surface area (Å²) in [5.41, 5.74) is 2.09. The number of ether oxygens (including phenoxy) is 2. The van der Waals surface area contributed by atoms with E-state index in [1.54, 1.807) is 19.5 Å². The first-order valence-electron chi connectivity index (χ1n) is 7.38. The number of pyridine rings is 1. The van der Waals surface area contributed by atoms with E-state index in [-0.39, 0.29) is 24.8 Å². The molecular formula is C17H19Cl3N2O2-2. The zero-order chi connectivity index (χ0) is 15.4. The zero-order valence-corrected chi connectivity index (χ0v) is 15.5. The van der Waals surface area contributed by atoms with Gasteiger partial charge < -0.3 is 39.6 Å². The van der Waals surface area contributed by atoms with Gasteiger partial charge >= 0.3 is 0 Å². The lowest BCUT2D eigenvalue weighted by molar-refractivity contribution is -0.001000. The summed E-state index contributed by atoms with van der Waals surface area (Å²) in [4.78, 5) is 4.07. The van der Waals surface area contributed by atoms with E-state index in [0.29, 0.717) is 29.2 Å². The molecule has 3 rings (SSSR count). The number of nitrogens with zero attached hydrogens (tertiary/aromatic N) is 1. The Hall–Kier alpha value is -1.20. The number of hydrogen-bond donors (Lipinski definition) is 1. The van der Waals surface area contributed by atoms with E-state index in [9.17, 15) is 0 Å². The molecule has 0 saturated heterocycles. The molecule has 0 amide bonds. The fraction of sp³-hybridized carbons (Fsp3) is 0.353. The summed E-state index contributed by atoms with van der Waals surface area (Å²) in [6.07, 6.45) is 6.03. The molecule has 1 aliphatic carbocycles. The molecule has 0 spiro atoms. The second kappa shape index (κ2) is 9.94. The van der Waals surface area contributed by atoms with Crippen molar-refractivity contribution in [2.45, 2.75) is 32.0 Å². The highest BCUT2D eigenvalue weighted by atomic mass is 35.5. The van der Waals surface area contributed by atoms with E-state index in [4.69, 9.17) is 21.1 Å². The molecule has 0 bridgehead atoms. The van der Waals surface area contributed by atoms with Crippen LogP contribution in [0.5, 0.6) is 11.5 Å². The first kappa shape index (κ1) is 20.8. The maximum atomic E-state index is 6.36. The molecular weight excluding hydrogens is 371 g/mol. The summed E-state index contributed by atoms with van der Waals surface area (Å²) in [6.45, 7) is 1.20. The van der Waals surface area contributed by atoms with Gasteiger partial charge in [-0.25, -0.2) is 0 Å². The van der Waals surface area contributed by atoms with Gasteiger partial charge in [-0.1, -0.05) is 17.7 Å². The lowest BCUT2D eigenvalue weighted by Gasteiger charge is -2.14. The Morgan fingerprint density at radius 2 is 2.04 bits per heavy atom. The number of halogens is 3. The second-order valence-corrected chi connectivity index (χ2v) is 5.82. The minimum Gasteiger partial charge on any atom is -1.00 e. The minimum atomic E-state index is 0. The maximum absolute atomic E-state index is 6.36. The monoisotopic (exact) mass is 388 g/mol. The zero-order valence-electron chi connectivity index (χ0n) is 13.3. The molecule has 0 aliphatic heterocycles. The third-order valence-electron chi connectivity index (χ3n) is 3.57. The normalized spacial score (nSPS) is 12.8. The van der Waals surface area contributed by atoms with Crippen molar-refractivity contribution in [3.05, 3.63) is 52.8 Å². The number of methoxy groups -OCH3 is 1. The van der Waals surface area contributed by atoms with Gasteiger partial charge in [0.25, 0.3) is 0 Å². The Morgan fingerprint density at radius 3 is 2.67 bits per heavy atom. The van der Waals surface area contributed by atoms with Crippen LogP contribution in [0.15, 0.2) is 36.7 Å². The standard InChI is InChI=1S/C17H19ClN2O2.2ClH/c1-21-16-8-13(10-20-14-4-5-14)7-15(18)17(16)22-11-12-3-2-6-19-9-12;;/h2-3,6-9,14,20H,4-5,10-11H2,1H3;2*1H/p-2. The van der Waals surface area contributed by atoms with E-state index in [0.717, 1.165) is 17.7 Å². The minimum absolute atomic E-state index is 0. The van der Waals surface area contributed by atoms with Crippen LogP contribution in [0.3, 0.4) is 0 Å². The summed E-state index contributed by atoms with van der Waals surface area (Å²) < 4.78 is 11.2. The van der Waals surface area contributed by atoms with Gasteiger partial charge in [0.1, 0.15) is 6.61 Å². The highest BCUT2D eigenvalue weighted by Gasteiger charge is 2.20. The molecule has 1 fully saturated rings. The molecule has 2 aromatic rings. The smallest absolute Gasteiger partial charge is 0.180 e. The van der Waals surface area contributed by atoms with Gasteiger partial charge in [-0.15, -0.1) is 0 Å². The predicted molar refractivity (Wildman–Crippen MR) is 86.4 cm³/mol. The molecule has 1 aromatic heterocycles. The first-order chi connectivity index (χ1) is 10.8. The molecule has 0 unspecified atom stereocenters. The van der Waals surface area contributed by atoms with Crippen LogP contribution in [0.4, 0.5) is 0 Å². The Labute approximate surface area is 159 Å². The van der Waals surface area contributed by atoms with Crippen LogP contribution >= 0.6 is 11.6 Å². The van der Waals surface area contributed by atoms with Gasteiger partial charge in [-0.2, -0.15) is 0 Å². The molecule has 1 N–H and O–H groups in total. The van der Waals surface area contributed by atoms with Crippen molar-refractivity contribution >= 4 is 11.6 Å². The van der Waals surface area contributed by atoms with Gasteiger partial charge in [-0.05, 0) is 36.6 Å². The van der Waals surface area contributed by atoms with Crippen LogP contribution < -0.4 is 39.6 Å². The molecule has 1 saturated carbocycles. The van der Waals surface area contributed by atoms with Crippen molar-refractivity contribution in [1.82, 2.24) is 10.3 Å². The van der Waals surface area contributed by atoms with E-state index in [1.807, 2.05) is 24.3 Å². The third-order valence-corrected chi connectivity index (χ3v) is 3.85. The van der Waals surface area contributed by atoms with Gasteiger partial charge in [0.2, 0.25) is 0 Å². The Kier molecular flexibility index (Phi) is 8.63. The van der Waals surface area contributed by atoms with E-state index in [1.165, 1.54) is 12.8 Å². The van der Waals surface area contributed by atoms with E-state index in [2.05, 4.69) is 10.3 Å². The van der Waals surface area contributed by atoms with Crippen LogP contribution in [0.25, 0.3) is 0 Å². The summed E-state index contributed by atoms with van der Waals surface area (Å²) in [5.74, 6) is 1.23. The SMILES string of the molecule is COc1cc(CNC2CC2)cc(Cl)c1OCc1cccnc1.[Cl-].[Cl-]. The molecule has 24 heavy (non-hydrogen) atoms. The topological polar surface area (TPSA) is 43.4 Å². The number of aromatic nitrogens is 1. The van der Waals surface area contributed by atoms with Crippen molar-refractivity contribution in [2.75, 3.05) is 7.11 Å². The Balaban J connectivity index is 0.00000144. The lowest BCUT2D eigenvalue weighted by Crippen LogP contribution is -3.00. The molecule has 0 radical (unpaired) electrons. The second-order valence-electron chi connectivity index (χ2n) is 5.41. The summed E-state index contributed by atoms with van der Waals surface area (Å²) in [5, 5.41) is 4.03. The van der Waals surface area contributed by atoms with Crippen LogP contribution in [0, 0.1) is 0 Å². The third kappa shape index (κ3) is 5.71. The van der Waals surface area contributed by atoms with Gasteiger partial charge in [0, 0.05) is 30.5 Å². The summed E-state index contributed by atoms with van der Waals surface area (Å²) >= 11 is 6.36. The van der Waals surface area contributed by atoms with Crippen molar-refractivity contribution in [1.29, 1.82) is 0 Å². The molecule has 132 valence electrons. The molecule has 1 aliphatic rings. The molecule has 7 heteroatoms. The van der Waals surface area contributed by atoms with Gasteiger partial charge in [0.15, 0.2) is 11.5 Å². The largest absolute Gasteiger partial charge is 1.00 e. The molecule has 0 atom stereocenters. The van der Waals surface area contributed by atoms with E-state index >= 15 is 0 Å². The highest BCUT2D eigenvalue weighted by molar-refractivity contribution is 6.32.